The molecule has 1 saturated carbocycles. The molecule has 118 valence electrons. The van der Waals surface area contributed by atoms with Crippen LogP contribution < -0.4 is 11.3 Å². The summed E-state index contributed by atoms with van der Waals surface area (Å²) in [5.41, 5.74) is 3.74. The Kier molecular flexibility index (Phi) is 5.71. The van der Waals surface area contributed by atoms with Gasteiger partial charge in [0.15, 0.2) is 0 Å². The van der Waals surface area contributed by atoms with Crippen LogP contribution in [0.2, 0.25) is 5.02 Å². The van der Waals surface area contributed by atoms with Crippen molar-refractivity contribution >= 4 is 37.4 Å². The van der Waals surface area contributed by atoms with E-state index in [4.69, 9.17) is 17.4 Å². The van der Waals surface area contributed by atoms with Gasteiger partial charge in [-0.25, -0.2) is 8.42 Å². The van der Waals surface area contributed by atoms with Gasteiger partial charge in [-0.2, -0.15) is 0 Å². The Morgan fingerprint density at radius 3 is 2.76 bits per heavy atom. The number of hydrogen-bond donors (Lipinski definition) is 2. The van der Waals surface area contributed by atoms with Gasteiger partial charge in [0.25, 0.3) is 0 Å². The molecule has 1 fully saturated rings. The van der Waals surface area contributed by atoms with Crippen LogP contribution in [0.5, 0.6) is 0 Å². The van der Waals surface area contributed by atoms with Gasteiger partial charge >= 0.3 is 0 Å². The zero-order valence-corrected chi connectivity index (χ0v) is 15.0. The molecule has 0 amide bonds. The van der Waals surface area contributed by atoms with E-state index in [1.165, 1.54) is 6.26 Å². The molecule has 3 N–H and O–H groups in total. The van der Waals surface area contributed by atoms with E-state index in [9.17, 15) is 8.42 Å². The number of rotatable bonds is 4. The van der Waals surface area contributed by atoms with Gasteiger partial charge in [0.1, 0.15) is 9.84 Å². The van der Waals surface area contributed by atoms with Crippen LogP contribution in [0.1, 0.15) is 37.3 Å². The highest BCUT2D eigenvalue weighted by molar-refractivity contribution is 9.10. The number of hydrazine groups is 1. The Labute approximate surface area is 139 Å². The molecular formula is C14H20BrClN2O2S. The summed E-state index contributed by atoms with van der Waals surface area (Å²) in [4.78, 5) is 0. The first kappa shape index (κ1) is 17.2. The summed E-state index contributed by atoms with van der Waals surface area (Å²) in [6.07, 6.45) is 4.52. The minimum atomic E-state index is -3.01. The summed E-state index contributed by atoms with van der Waals surface area (Å²) in [5, 5.41) is 0.347. The largest absolute Gasteiger partial charge is 0.271 e. The average Bonchev–Trinajstić information content (AvgIpc) is 2.44. The molecule has 0 saturated heterocycles. The summed E-state index contributed by atoms with van der Waals surface area (Å²) in [7, 11) is -3.01. The smallest absolute Gasteiger partial charge is 0.150 e. The Hall–Kier alpha value is -0.140. The molecule has 2 rings (SSSR count). The predicted molar refractivity (Wildman–Crippen MR) is 89.8 cm³/mol. The predicted octanol–water partition coefficient (Wildman–Crippen LogP) is 3.21. The first-order valence-corrected chi connectivity index (χ1v) is 10.1. The van der Waals surface area contributed by atoms with Gasteiger partial charge in [0, 0.05) is 10.7 Å². The molecule has 21 heavy (non-hydrogen) atoms. The summed E-state index contributed by atoms with van der Waals surface area (Å²) >= 11 is 9.77. The summed E-state index contributed by atoms with van der Waals surface area (Å²) in [6, 6.07) is 5.58. The van der Waals surface area contributed by atoms with Crippen LogP contribution in [0, 0.1) is 5.92 Å². The first-order chi connectivity index (χ1) is 9.84. The molecule has 3 atom stereocenters. The third-order valence-corrected chi connectivity index (χ3v) is 7.19. The minimum Gasteiger partial charge on any atom is -0.271 e. The second kappa shape index (κ2) is 6.96. The van der Waals surface area contributed by atoms with E-state index < -0.39 is 9.84 Å². The molecule has 0 aliphatic heterocycles. The van der Waals surface area contributed by atoms with E-state index in [0.29, 0.717) is 11.4 Å². The number of benzene rings is 1. The number of hydrogen-bond acceptors (Lipinski definition) is 4. The molecule has 0 heterocycles. The maximum atomic E-state index is 11.8. The molecule has 0 bridgehead atoms. The van der Waals surface area contributed by atoms with Crippen LogP contribution >= 0.6 is 27.5 Å². The lowest BCUT2D eigenvalue weighted by Crippen LogP contribution is -2.38. The standard InChI is InChI=1S/C14H20BrClN2O2S/c1-21(19,20)10-5-2-4-9(8-10)14(18-17)11-6-3-7-12(15)13(11)16/h3,6-7,9-10,14,18H,2,4-5,8,17H2,1H3. The molecule has 3 unspecified atom stereocenters. The molecule has 1 aliphatic rings. The van der Waals surface area contributed by atoms with E-state index >= 15 is 0 Å². The van der Waals surface area contributed by atoms with Gasteiger partial charge in [-0.1, -0.05) is 30.2 Å². The van der Waals surface area contributed by atoms with Crippen molar-refractivity contribution in [2.45, 2.75) is 37.0 Å². The van der Waals surface area contributed by atoms with Gasteiger partial charge in [-0.15, -0.1) is 0 Å². The highest BCUT2D eigenvalue weighted by atomic mass is 79.9. The lowest BCUT2D eigenvalue weighted by atomic mass is 9.81. The van der Waals surface area contributed by atoms with Gasteiger partial charge in [0.05, 0.1) is 16.3 Å². The third-order valence-electron chi connectivity index (χ3n) is 4.24. The van der Waals surface area contributed by atoms with E-state index in [2.05, 4.69) is 21.4 Å². The second-order valence-corrected chi connectivity index (χ2v) is 9.22. The molecule has 1 aromatic carbocycles. The molecule has 0 aromatic heterocycles. The van der Waals surface area contributed by atoms with Crippen molar-refractivity contribution in [2.24, 2.45) is 11.8 Å². The van der Waals surface area contributed by atoms with Crippen molar-refractivity contribution in [3.05, 3.63) is 33.3 Å². The Morgan fingerprint density at radius 1 is 1.43 bits per heavy atom. The van der Waals surface area contributed by atoms with Crippen LogP contribution in [0.25, 0.3) is 0 Å². The van der Waals surface area contributed by atoms with Crippen LogP contribution in [-0.4, -0.2) is 19.9 Å². The molecule has 4 nitrogen and oxygen atoms in total. The van der Waals surface area contributed by atoms with Crippen molar-refractivity contribution in [1.29, 1.82) is 0 Å². The lowest BCUT2D eigenvalue weighted by molar-refractivity contribution is 0.274. The van der Waals surface area contributed by atoms with Gasteiger partial charge < -0.3 is 0 Å². The first-order valence-electron chi connectivity index (χ1n) is 6.93. The van der Waals surface area contributed by atoms with Crippen molar-refractivity contribution < 1.29 is 8.42 Å². The Bertz CT molecular complexity index is 609. The summed E-state index contributed by atoms with van der Waals surface area (Å²) in [6.45, 7) is 0. The fraction of sp³-hybridized carbons (Fsp3) is 0.571. The summed E-state index contributed by atoms with van der Waals surface area (Å²) < 4.78 is 24.4. The number of sulfone groups is 1. The quantitative estimate of drug-likeness (QED) is 0.606. The van der Waals surface area contributed by atoms with Crippen LogP contribution in [0.3, 0.4) is 0 Å². The number of nitrogens with two attached hydrogens (primary N) is 1. The fourth-order valence-electron chi connectivity index (χ4n) is 3.11. The van der Waals surface area contributed by atoms with Crippen LogP contribution in [0.4, 0.5) is 0 Å². The monoisotopic (exact) mass is 394 g/mol. The molecule has 1 aromatic rings. The van der Waals surface area contributed by atoms with E-state index in [0.717, 1.165) is 29.3 Å². The van der Waals surface area contributed by atoms with Crippen molar-refractivity contribution in [2.75, 3.05) is 6.26 Å². The highest BCUT2D eigenvalue weighted by Crippen LogP contribution is 2.40. The minimum absolute atomic E-state index is 0.139. The van der Waals surface area contributed by atoms with Gasteiger partial charge in [0.2, 0.25) is 0 Å². The Balaban J connectivity index is 2.27. The molecule has 0 spiro atoms. The molecular weight excluding hydrogens is 376 g/mol. The lowest BCUT2D eigenvalue weighted by Gasteiger charge is -2.34. The van der Waals surface area contributed by atoms with Crippen LogP contribution in [-0.2, 0) is 9.84 Å². The Morgan fingerprint density at radius 2 is 2.14 bits per heavy atom. The zero-order valence-electron chi connectivity index (χ0n) is 11.9. The summed E-state index contributed by atoms with van der Waals surface area (Å²) in [5.74, 6) is 5.90. The van der Waals surface area contributed by atoms with E-state index in [-0.39, 0.29) is 17.2 Å². The fourth-order valence-corrected chi connectivity index (χ4v) is 4.93. The number of halogens is 2. The van der Waals surface area contributed by atoms with Crippen LogP contribution in [0.15, 0.2) is 22.7 Å². The maximum Gasteiger partial charge on any atom is 0.150 e. The molecule has 0 radical (unpaired) electrons. The molecule has 1 aliphatic carbocycles. The van der Waals surface area contributed by atoms with Crippen molar-refractivity contribution in [3.8, 4) is 0 Å². The maximum absolute atomic E-state index is 11.8. The average molecular weight is 396 g/mol. The second-order valence-electron chi connectivity index (χ2n) is 5.67. The number of nitrogens with one attached hydrogen (secondary N) is 1. The SMILES string of the molecule is CS(=O)(=O)C1CCCC(C(NN)c2cccc(Br)c2Cl)C1. The van der Waals surface area contributed by atoms with E-state index in [1.807, 2.05) is 18.2 Å². The van der Waals surface area contributed by atoms with Gasteiger partial charge in [-0.05, 0) is 52.7 Å². The third kappa shape index (κ3) is 3.99. The van der Waals surface area contributed by atoms with Gasteiger partial charge in [-0.3, -0.25) is 11.3 Å². The van der Waals surface area contributed by atoms with Crippen molar-refractivity contribution in [3.63, 3.8) is 0 Å². The van der Waals surface area contributed by atoms with Crippen molar-refractivity contribution in [1.82, 2.24) is 5.43 Å². The molecule has 7 heteroatoms. The normalized spacial score (nSPS) is 24.8. The van der Waals surface area contributed by atoms with E-state index in [1.54, 1.807) is 0 Å². The highest BCUT2D eigenvalue weighted by Gasteiger charge is 2.34. The zero-order chi connectivity index (χ0) is 15.6. The topological polar surface area (TPSA) is 72.2 Å².